The van der Waals surface area contributed by atoms with Crippen molar-refractivity contribution in [1.29, 1.82) is 0 Å². The predicted molar refractivity (Wildman–Crippen MR) is 73.4 cm³/mol. The van der Waals surface area contributed by atoms with Crippen LogP contribution in [-0.2, 0) is 13.1 Å². The lowest BCUT2D eigenvalue weighted by Gasteiger charge is -2.06. The van der Waals surface area contributed by atoms with Crippen molar-refractivity contribution in [2.45, 2.75) is 13.1 Å². The van der Waals surface area contributed by atoms with E-state index in [0.717, 1.165) is 24.3 Å². The molecule has 0 bridgehead atoms. The van der Waals surface area contributed by atoms with Crippen LogP contribution in [0.25, 0.3) is 0 Å². The van der Waals surface area contributed by atoms with Crippen LogP contribution in [-0.4, -0.2) is 0 Å². The largest absolute Gasteiger partial charge is 0.398 e. The number of nitrogens with one attached hydrogen (secondary N) is 1. The summed E-state index contributed by atoms with van der Waals surface area (Å²) in [6.45, 7) is 1.69. The summed E-state index contributed by atoms with van der Waals surface area (Å²) in [5.74, 6) is 0. The number of halogens is 1. The van der Waals surface area contributed by atoms with Gasteiger partial charge in [0.15, 0.2) is 0 Å². The third-order valence-corrected chi connectivity index (χ3v) is 3.92. The van der Waals surface area contributed by atoms with Gasteiger partial charge in [-0.25, -0.2) is 0 Å². The van der Waals surface area contributed by atoms with E-state index < -0.39 is 0 Å². The van der Waals surface area contributed by atoms with Crippen molar-refractivity contribution in [3.8, 4) is 0 Å². The molecule has 84 valence electrons. The van der Waals surface area contributed by atoms with Crippen LogP contribution in [0.3, 0.4) is 0 Å². The monoisotopic (exact) mass is 296 g/mol. The number of hydrogen-bond donors (Lipinski definition) is 2. The van der Waals surface area contributed by atoms with Crippen molar-refractivity contribution in [3.63, 3.8) is 0 Å². The molecule has 2 aromatic rings. The van der Waals surface area contributed by atoms with E-state index in [0.29, 0.717) is 0 Å². The minimum Gasteiger partial charge on any atom is -0.398 e. The number of nitrogens with two attached hydrogens (primary N) is 1. The van der Waals surface area contributed by atoms with Crippen molar-refractivity contribution < 1.29 is 0 Å². The molecule has 0 saturated carbocycles. The molecule has 0 saturated heterocycles. The lowest BCUT2D eigenvalue weighted by Crippen LogP contribution is -2.12. The number of hydrogen-bond acceptors (Lipinski definition) is 3. The van der Waals surface area contributed by atoms with E-state index in [4.69, 9.17) is 5.73 Å². The molecule has 2 nitrogen and oxygen atoms in total. The van der Waals surface area contributed by atoms with Crippen LogP contribution in [0.5, 0.6) is 0 Å². The molecular formula is C12H13BrN2S. The van der Waals surface area contributed by atoms with Gasteiger partial charge in [0.25, 0.3) is 0 Å². The van der Waals surface area contributed by atoms with E-state index in [-0.39, 0.29) is 0 Å². The van der Waals surface area contributed by atoms with Gasteiger partial charge < -0.3 is 11.1 Å². The van der Waals surface area contributed by atoms with E-state index in [1.807, 2.05) is 24.3 Å². The van der Waals surface area contributed by atoms with Gasteiger partial charge in [-0.1, -0.05) is 18.2 Å². The minimum atomic E-state index is 0.808. The van der Waals surface area contributed by atoms with Crippen LogP contribution in [0.4, 0.5) is 5.69 Å². The van der Waals surface area contributed by atoms with Gasteiger partial charge in [0.2, 0.25) is 0 Å². The van der Waals surface area contributed by atoms with Gasteiger partial charge in [-0.2, -0.15) is 0 Å². The standard InChI is InChI=1S/C12H13BrN2S/c13-12-6-5-10(16-12)8-15-7-9-3-1-2-4-11(9)14/h1-6,15H,7-8,14H2. The summed E-state index contributed by atoms with van der Waals surface area (Å²) in [7, 11) is 0. The molecule has 0 atom stereocenters. The summed E-state index contributed by atoms with van der Waals surface area (Å²) in [5, 5.41) is 3.38. The zero-order chi connectivity index (χ0) is 11.4. The van der Waals surface area contributed by atoms with Crippen molar-refractivity contribution in [3.05, 3.63) is 50.6 Å². The first-order valence-corrected chi connectivity index (χ1v) is 6.65. The summed E-state index contributed by atoms with van der Waals surface area (Å²) >= 11 is 5.20. The van der Waals surface area contributed by atoms with E-state index >= 15 is 0 Å². The molecular weight excluding hydrogens is 284 g/mol. The van der Waals surface area contributed by atoms with Gasteiger partial charge in [0.1, 0.15) is 0 Å². The van der Waals surface area contributed by atoms with E-state index in [1.54, 1.807) is 11.3 Å². The third kappa shape index (κ3) is 3.07. The zero-order valence-electron chi connectivity index (χ0n) is 8.74. The van der Waals surface area contributed by atoms with Gasteiger partial charge >= 0.3 is 0 Å². The highest BCUT2D eigenvalue weighted by atomic mass is 79.9. The summed E-state index contributed by atoms with van der Waals surface area (Å²) in [6, 6.07) is 12.1. The number of anilines is 1. The van der Waals surface area contributed by atoms with E-state index in [1.165, 1.54) is 8.66 Å². The Morgan fingerprint density at radius 2 is 1.94 bits per heavy atom. The lowest BCUT2D eigenvalue weighted by atomic mass is 10.2. The van der Waals surface area contributed by atoms with Gasteiger partial charge in [-0.3, -0.25) is 0 Å². The smallest absolute Gasteiger partial charge is 0.0701 e. The fourth-order valence-corrected chi connectivity index (χ4v) is 2.92. The molecule has 4 heteroatoms. The molecule has 0 unspecified atom stereocenters. The lowest BCUT2D eigenvalue weighted by molar-refractivity contribution is 0.702. The highest BCUT2D eigenvalue weighted by Gasteiger charge is 1.99. The van der Waals surface area contributed by atoms with Gasteiger partial charge in [-0.15, -0.1) is 11.3 Å². The van der Waals surface area contributed by atoms with Crippen molar-refractivity contribution in [2.24, 2.45) is 0 Å². The normalized spacial score (nSPS) is 10.6. The molecule has 0 aliphatic heterocycles. The summed E-state index contributed by atoms with van der Waals surface area (Å²) in [4.78, 5) is 1.32. The summed E-state index contributed by atoms with van der Waals surface area (Å²) < 4.78 is 1.17. The van der Waals surface area contributed by atoms with Crippen molar-refractivity contribution in [1.82, 2.24) is 5.32 Å². The molecule has 2 rings (SSSR count). The number of thiophene rings is 1. The molecule has 0 aliphatic rings. The third-order valence-electron chi connectivity index (χ3n) is 2.30. The molecule has 3 N–H and O–H groups in total. The van der Waals surface area contributed by atoms with Crippen LogP contribution < -0.4 is 11.1 Å². The fraction of sp³-hybridized carbons (Fsp3) is 0.167. The van der Waals surface area contributed by atoms with Crippen LogP contribution in [0, 0.1) is 0 Å². The molecule has 16 heavy (non-hydrogen) atoms. The highest BCUT2D eigenvalue weighted by molar-refractivity contribution is 9.11. The van der Waals surface area contributed by atoms with Crippen LogP contribution in [0.15, 0.2) is 40.2 Å². The van der Waals surface area contributed by atoms with Crippen LogP contribution >= 0.6 is 27.3 Å². The van der Waals surface area contributed by atoms with Gasteiger partial charge in [0.05, 0.1) is 3.79 Å². The Labute approximate surface area is 108 Å². The zero-order valence-corrected chi connectivity index (χ0v) is 11.1. The number of para-hydroxylation sites is 1. The van der Waals surface area contributed by atoms with Crippen molar-refractivity contribution in [2.75, 3.05) is 5.73 Å². The molecule has 0 radical (unpaired) electrons. The Balaban J connectivity index is 1.87. The topological polar surface area (TPSA) is 38.0 Å². The fourth-order valence-electron chi connectivity index (χ4n) is 1.46. The summed E-state index contributed by atoms with van der Waals surface area (Å²) in [6.07, 6.45) is 0. The Morgan fingerprint density at radius 1 is 1.12 bits per heavy atom. The maximum Gasteiger partial charge on any atom is 0.0701 e. The second-order valence-electron chi connectivity index (χ2n) is 3.51. The SMILES string of the molecule is Nc1ccccc1CNCc1ccc(Br)s1. The van der Waals surface area contributed by atoms with E-state index in [2.05, 4.69) is 33.4 Å². The molecule has 1 heterocycles. The highest BCUT2D eigenvalue weighted by Crippen LogP contribution is 2.21. The quantitative estimate of drug-likeness (QED) is 0.849. The first kappa shape index (κ1) is 11.6. The second kappa shape index (κ2) is 5.48. The maximum absolute atomic E-state index is 5.86. The molecule has 0 fully saturated rings. The van der Waals surface area contributed by atoms with Gasteiger partial charge in [0, 0.05) is 23.7 Å². The first-order chi connectivity index (χ1) is 7.75. The van der Waals surface area contributed by atoms with E-state index in [9.17, 15) is 0 Å². The molecule has 0 amide bonds. The van der Waals surface area contributed by atoms with Crippen LogP contribution in [0.2, 0.25) is 0 Å². The molecule has 1 aromatic carbocycles. The second-order valence-corrected chi connectivity index (χ2v) is 6.06. The number of rotatable bonds is 4. The first-order valence-electron chi connectivity index (χ1n) is 5.04. The Morgan fingerprint density at radius 3 is 2.62 bits per heavy atom. The number of nitrogen functional groups attached to an aromatic ring is 1. The molecule has 0 spiro atoms. The minimum absolute atomic E-state index is 0.808. The Hall–Kier alpha value is -0.840. The average Bonchev–Trinajstić information content (AvgIpc) is 2.67. The molecule has 1 aromatic heterocycles. The van der Waals surface area contributed by atoms with Gasteiger partial charge in [-0.05, 0) is 39.7 Å². The van der Waals surface area contributed by atoms with Crippen LogP contribution in [0.1, 0.15) is 10.4 Å². The van der Waals surface area contributed by atoms with Crippen molar-refractivity contribution >= 4 is 33.0 Å². The Kier molecular flexibility index (Phi) is 3.98. The summed E-state index contributed by atoms with van der Waals surface area (Å²) in [5.41, 5.74) is 7.86. The molecule has 0 aliphatic carbocycles. The predicted octanol–water partition coefficient (Wildman–Crippen LogP) is 3.38. The Bertz CT molecular complexity index is 468. The number of benzene rings is 1. The maximum atomic E-state index is 5.86. The average molecular weight is 297 g/mol.